The van der Waals surface area contributed by atoms with Crippen LogP contribution in [0.3, 0.4) is 0 Å². The van der Waals surface area contributed by atoms with Gasteiger partial charge < -0.3 is 24.2 Å². The normalized spacial score (nSPS) is 21.7. The number of carbonyl (C=O) groups excluding carboxylic acids is 2. The summed E-state index contributed by atoms with van der Waals surface area (Å²) in [6.45, 7) is 7.66. The third kappa shape index (κ3) is 6.61. The number of aryl methyl sites for hydroxylation is 1. The number of nitrogens with zero attached hydrogens (tertiary/aromatic N) is 5. The van der Waals surface area contributed by atoms with Crippen LogP contribution in [0.1, 0.15) is 41.8 Å². The molecule has 11 nitrogen and oxygen atoms in total. The Labute approximate surface area is 344 Å². The molecule has 1 fully saturated rings. The number of fused-ring (bicyclic) bond motifs is 3. The number of rotatable bonds is 11. The maximum Gasteiger partial charge on any atom is 0.269 e. The van der Waals surface area contributed by atoms with Gasteiger partial charge in [-0.05, 0) is 65.6 Å². The monoisotopic (exact) mass is 805 g/mol. The minimum absolute atomic E-state index is 0.0291. The number of carbonyl (C=O) groups is 2. The SMILES string of the molecule is COc1ccc([Si](C)(C)[C@@H]2[C@@H](CCn3cc([C@H](O)c4ccccc4)nn3)O[C@]3(C(=O)N(Cc4cccc(N5C(=O)COc6ccccc65)c4)c4ccccc43)[C@H]2C)cc1. The van der Waals surface area contributed by atoms with Crippen LogP contribution in [-0.2, 0) is 33.0 Å². The van der Waals surface area contributed by atoms with E-state index in [1.807, 2.05) is 120 Å². The van der Waals surface area contributed by atoms with Crippen LogP contribution in [0.25, 0.3) is 0 Å². The van der Waals surface area contributed by atoms with Gasteiger partial charge in [-0.25, -0.2) is 0 Å². The predicted molar refractivity (Wildman–Crippen MR) is 228 cm³/mol. The minimum Gasteiger partial charge on any atom is -0.497 e. The number of anilines is 3. The van der Waals surface area contributed by atoms with Crippen LogP contribution in [-0.4, -0.2) is 59.8 Å². The summed E-state index contributed by atoms with van der Waals surface area (Å²) in [5, 5.41) is 21.0. The Balaban J connectivity index is 1.05. The summed E-state index contributed by atoms with van der Waals surface area (Å²) in [5.41, 5.74) is 3.99. The van der Waals surface area contributed by atoms with Crippen LogP contribution < -0.4 is 24.5 Å². The molecule has 0 saturated carbocycles. The summed E-state index contributed by atoms with van der Waals surface area (Å²) in [6, 6.07) is 41.1. The van der Waals surface area contributed by atoms with Crippen LogP contribution in [0.2, 0.25) is 18.6 Å². The van der Waals surface area contributed by atoms with Crippen molar-refractivity contribution in [1.29, 1.82) is 0 Å². The number of amides is 2. The Morgan fingerprint density at radius 3 is 2.41 bits per heavy atom. The molecule has 1 spiro atoms. The molecule has 1 N–H and O–H groups in total. The fourth-order valence-electron chi connectivity index (χ4n) is 9.67. The van der Waals surface area contributed by atoms with Crippen molar-refractivity contribution in [3.63, 3.8) is 0 Å². The highest BCUT2D eigenvalue weighted by Crippen LogP contribution is 2.60. The van der Waals surface area contributed by atoms with E-state index in [4.69, 9.17) is 14.2 Å². The van der Waals surface area contributed by atoms with Crippen LogP contribution in [0.5, 0.6) is 11.5 Å². The molecule has 1 aromatic heterocycles. The zero-order valence-electron chi connectivity index (χ0n) is 33.6. The van der Waals surface area contributed by atoms with Gasteiger partial charge in [-0.15, -0.1) is 5.10 Å². The molecule has 2 amide bonds. The first-order chi connectivity index (χ1) is 28.6. The Bertz CT molecular complexity index is 2510. The molecule has 59 heavy (non-hydrogen) atoms. The average molecular weight is 806 g/mol. The van der Waals surface area contributed by atoms with Crippen molar-refractivity contribution in [3.8, 4) is 11.5 Å². The number of hydrogen-bond acceptors (Lipinski definition) is 8. The average Bonchev–Trinajstić information content (AvgIpc) is 3.93. The summed E-state index contributed by atoms with van der Waals surface area (Å²) in [5.74, 6) is 1.00. The van der Waals surface area contributed by atoms with Crippen LogP contribution in [0, 0.1) is 5.92 Å². The van der Waals surface area contributed by atoms with Crippen LogP contribution in [0.15, 0.2) is 134 Å². The first-order valence-electron chi connectivity index (χ1n) is 20.1. The van der Waals surface area contributed by atoms with Crippen molar-refractivity contribution in [3.05, 3.63) is 156 Å². The van der Waals surface area contributed by atoms with Gasteiger partial charge in [-0.1, -0.05) is 115 Å². The first kappa shape index (κ1) is 38.4. The van der Waals surface area contributed by atoms with Crippen LogP contribution >= 0.6 is 0 Å². The summed E-state index contributed by atoms with van der Waals surface area (Å²) in [4.78, 5) is 32.2. The number of hydrogen-bond donors (Lipinski definition) is 1. The lowest BCUT2D eigenvalue weighted by Crippen LogP contribution is -2.51. The molecule has 0 unspecified atom stereocenters. The van der Waals surface area contributed by atoms with E-state index in [2.05, 4.69) is 42.5 Å². The summed E-state index contributed by atoms with van der Waals surface area (Å²) in [7, 11) is -0.719. The van der Waals surface area contributed by atoms with E-state index < -0.39 is 19.8 Å². The van der Waals surface area contributed by atoms with Gasteiger partial charge in [0, 0.05) is 23.7 Å². The van der Waals surface area contributed by atoms with Gasteiger partial charge in [-0.3, -0.25) is 19.2 Å². The number of para-hydroxylation sites is 3. The molecule has 3 aliphatic heterocycles. The quantitative estimate of drug-likeness (QED) is 0.136. The smallest absolute Gasteiger partial charge is 0.269 e. The van der Waals surface area contributed by atoms with Crippen molar-refractivity contribution < 1.29 is 28.9 Å². The number of aliphatic hydroxyl groups is 1. The molecule has 5 atom stereocenters. The van der Waals surface area contributed by atoms with Gasteiger partial charge in [-0.2, -0.15) is 0 Å². The summed E-state index contributed by atoms with van der Waals surface area (Å²) in [6.07, 6.45) is 1.19. The maximum absolute atomic E-state index is 15.4. The van der Waals surface area contributed by atoms with Crippen molar-refractivity contribution in [2.75, 3.05) is 23.5 Å². The van der Waals surface area contributed by atoms with E-state index >= 15 is 4.79 Å². The Morgan fingerprint density at radius 1 is 0.898 bits per heavy atom. The second-order valence-electron chi connectivity index (χ2n) is 16.2. The molecule has 0 radical (unpaired) electrons. The molecular formula is C47H47N5O6Si. The fourth-order valence-corrected chi connectivity index (χ4v) is 13.7. The Kier molecular flexibility index (Phi) is 9.94. The van der Waals surface area contributed by atoms with Crippen molar-refractivity contribution in [2.24, 2.45) is 5.92 Å². The Hall–Kier alpha value is -6.08. The lowest BCUT2D eigenvalue weighted by Gasteiger charge is -2.37. The van der Waals surface area contributed by atoms with Gasteiger partial charge in [0.2, 0.25) is 0 Å². The summed E-state index contributed by atoms with van der Waals surface area (Å²) >= 11 is 0. The number of benzene rings is 5. The molecule has 300 valence electrons. The highest BCUT2D eigenvalue weighted by atomic mass is 28.3. The second-order valence-corrected chi connectivity index (χ2v) is 20.9. The van der Waals surface area contributed by atoms with Gasteiger partial charge in [0.25, 0.3) is 11.8 Å². The maximum atomic E-state index is 15.4. The second kappa shape index (κ2) is 15.3. The topological polar surface area (TPSA) is 119 Å². The molecular weight excluding hydrogens is 759 g/mol. The first-order valence-corrected chi connectivity index (χ1v) is 23.2. The zero-order valence-corrected chi connectivity index (χ0v) is 34.6. The lowest BCUT2D eigenvalue weighted by molar-refractivity contribution is -0.146. The molecule has 3 aliphatic rings. The molecule has 1 saturated heterocycles. The van der Waals surface area contributed by atoms with E-state index in [-0.39, 0.29) is 36.0 Å². The zero-order chi connectivity index (χ0) is 40.9. The standard InChI is InChI=1S/C47H47N5O6Si/c1-31-45(59(3,4)36-23-21-35(56-2)22-24-36)42(25-26-50-29-38(48-49-50)44(54)33-14-6-5-7-15-33)58-47(31)37-17-8-9-18-39(37)51(46(47)55)28-32-13-12-16-34(27-32)52-40-19-10-11-20-41(40)57-30-43(52)53/h5-24,27,29,31,42,44-45,54H,25-26,28,30H2,1-4H3/t31-,42+,44+,45-,47+/m0/s1. The highest BCUT2D eigenvalue weighted by molar-refractivity contribution is 6.91. The van der Waals surface area contributed by atoms with E-state index in [0.717, 1.165) is 28.1 Å². The van der Waals surface area contributed by atoms with Crippen molar-refractivity contribution >= 4 is 42.1 Å². The third-order valence-corrected chi connectivity index (χ3v) is 16.9. The van der Waals surface area contributed by atoms with Gasteiger partial charge in [0.15, 0.2) is 12.2 Å². The van der Waals surface area contributed by atoms with E-state index in [1.54, 1.807) is 22.9 Å². The van der Waals surface area contributed by atoms with Crippen LogP contribution in [0.4, 0.5) is 17.1 Å². The number of methoxy groups -OCH3 is 1. The van der Waals surface area contributed by atoms with E-state index in [1.165, 1.54) is 5.19 Å². The molecule has 5 aromatic carbocycles. The molecule has 12 heteroatoms. The molecule has 9 rings (SSSR count). The molecule has 4 heterocycles. The van der Waals surface area contributed by atoms with Gasteiger partial charge in [0.05, 0.1) is 45.4 Å². The minimum atomic E-state index is -2.39. The number of aliphatic hydroxyl groups excluding tert-OH is 1. The molecule has 6 aromatic rings. The van der Waals surface area contributed by atoms with Crippen molar-refractivity contribution in [2.45, 2.75) is 62.9 Å². The van der Waals surface area contributed by atoms with Crippen molar-refractivity contribution in [1.82, 2.24) is 15.0 Å². The number of ether oxygens (including phenoxy) is 3. The van der Waals surface area contributed by atoms with Gasteiger partial charge in [0.1, 0.15) is 23.3 Å². The molecule has 0 aliphatic carbocycles. The highest BCUT2D eigenvalue weighted by Gasteiger charge is 2.66. The van der Waals surface area contributed by atoms with E-state index in [9.17, 15) is 9.90 Å². The predicted octanol–water partition coefficient (Wildman–Crippen LogP) is 7.28. The lowest BCUT2D eigenvalue weighted by atomic mass is 9.82. The summed E-state index contributed by atoms with van der Waals surface area (Å²) < 4.78 is 20.3. The number of aromatic nitrogens is 3. The molecule has 0 bridgehead atoms. The Morgan fingerprint density at radius 2 is 1.63 bits per heavy atom. The van der Waals surface area contributed by atoms with Gasteiger partial charge >= 0.3 is 0 Å². The fraction of sp³-hybridized carbons (Fsp3) is 0.277. The van der Waals surface area contributed by atoms with E-state index in [0.29, 0.717) is 42.3 Å². The largest absolute Gasteiger partial charge is 0.497 e. The third-order valence-electron chi connectivity index (χ3n) is 12.6.